The van der Waals surface area contributed by atoms with E-state index in [9.17, 15) is 13.2 Å². The van der Waals surface area contributed by atoms with Crippen LogP contribution in [0.5, 0.6) is 0 Å². The molecule has 0 saturated carbocycles. The fraction of sp³-hybridized carbons (Fsp3) is 1.00. The van der Waals surface area contributed by atoms with Crippen molar-refractivity contribution < 1.29 is 22.6 Å². The van der Waals surface area contributed by atoms with Crippen molar-refractivity contribution in [1.29, 1.82) is 0 Å². The molecule has 1 rings (SSSR count). The van der Waals surface area contributed by atoms with Crippen molar-refractivity contribution in [3.63, 3.8) is 0 Å². The predicted octanol–water partition coefficient (Wildman–Crippen LogP) is 0.597. The van der Waals surface area contributed by atoms with E-state index in [-0.39, 0.29) is 6.61 Å². The monoisotopic (exact) mass is 171 g/mol. The first kappa shape index (κ1) is 8.76. The SMILES string of the molecule is C[C@@H]1CO[C@](N)(C(F)(F)F)O1. The quantitative estimate of drug-likeness (QED) is 0.580. The van der Waals surface area contributed by atoms with E-state index in [1.807, 2.05) is 0 Å². The van der Waals surface area contributed by atoms with Gasteiger partial charge in [-0.05, 0) is 6.92 Å². The van der Waals surface area contributed by atoms with Crippen LogP contribution in [0.2, 0.25) is 0 Å². The Bertz CT molecular complexity index is 160. The molecule has 6 heteroatoms. The molecule has 2 N–H and O–H groups in total. The molecule has 1 fully saturated rings. The summed E-state index contributed by atoms with van der Waals surface area (Å²) < 4.78 is 44.4. The molecule has 0 bridgehead atoms. The number of rotatable bonds is 0. The molecule has 11 heavy (non-hydrogen) atoms. The third-order valence-electron chi connectivity index (χ3n) is 1.30. The molecule has 0 radical (unpaired) electrons. The first-order valence-electron chi connectivity index (χ1n) is 3.02. The lowest BCUT2D eigenvalue weighted by molar-refractivity contribution is -0.344. The molecule has 0 spiro atoms. The topological polar surface area (TPSA) is 44.5 Å². The van der Waals surface area contributed by atoms with Gasteiger partial charge in [0.25, 0.3) is 0 Å². The van der Waals surface area contributed by atoms with Crippen LogP contribution < -0.4 is 5.73 Å². The summed E-state index contributed by atoms with van der Waals surface area (Å²) in [5, 5.41) is 0. The Labute approximate surface area is 61.3 Å². The van der Waals surface area contributed by atoms with Crippen LogP contribution in [-0.4, -0.2) is 24.8 Å². The van der Waals surface area contributed by atoms with Crippen molar-refractivity contribution in [3.8, 4) is 0 Å². The fourth-order valence-corrected chi connectivity index (χ4v) is 0.757. The molecule has 1 aliphatic heterocycles. The molecule has 0 aromatic carbocycles. The standard InChI is InChI=1S/C5H8F3NO2/c1-3-2-10-5(9,11-3)4(6,7)8/h3H,2,9H2,1H3/t3-,5-/m1/s1. The molecule has 0 aliphatic carbocycles. The first-order valence-corrected chi connectivity index (χ1v) is 3.02. The Morgan fingerprint density at radius 2 is 2.09 bits per heavy atom. The fourth-order valence-electron chi connectivity index (χ4n) is 0.757. The van der Waals surface area contributed by atoms with Gasteiger partial charge in [0.05, 0.1) is 12.7 Å². The van der Waals surface area contributed by atoms with Crippen molar-refractivity contribution in [1.82, 2.24) is 0 Å². The Balaban J connectivity index is 2.69. The number of alkyl halides is 3. The summed E-state index contributed by atoms with van der Waals surface area (Å²) in [6, 6.07) is 0. The van der Waals surface area contributed by atoms with Gasteiger partial charge in [0.15, 0.2) is 0 Å². The van der Waals surface area contributed by atoms with Crippen LogP contribution in [0.3, 0.4) is 0 Å². The van der Waals surface area contributed by atoms with Crippen LogP contribution in [-0.2, 0) is 9.47 Å². The number of ether oxygens (including phenoxy) is 2. The summed E-state index contributed by atoms with van der Waals surface area (Å²) in [6.45, 7) is 1.33. The Hall–Kier alpha value is -0.330. The van der Waals surface area contributed by atoms with Crippen molar-refractivity contribution >= 4 is 0 Å². The van der Waals surface area contributed by atoms with E-state index in [4.69, 9.17) is 5.73 Å². The van der Waals surface area contributed by atoms with E-state index in [0.29, 0.717) is 0 Å². The zero-order chi connectivity index (χ0) is 8.70. The number of hydrogen-bond acceptors (Lipinski definition) is 3. The van der Waals surface area contributed by atoms with E-state index in [2.05, 4.69) is 9.47 Å². The number of hydrogen-bond donors (Lipinski definition) is 1. The van der Waals surface area contributed by atoms with Crippen molar-refractivity contribution in [2.75, 3.05) is 6.61 Å². The zero-order valence-corrected chi connectivity index (χ0v) is 5.81. The Kier molecular flexibility index (Phi) is 1.85. The van der Waals surface area contributed by atoms with Gasteiger partial charge in [-0.2, -0.15) is 13.2 Å². The summed E-state index contributed by atoms with van der Waals surface area (Å²) in [6.07, 6.45) is -5.28. The Morgan fingerprint density at radius 3 is 2.27 bits per heavy atom. The normalized spacial score (nSPS) is 39.5. The second-order valence-electron chi connectivity index (χ2n) is 2.40. The molecule has 66 valence electrons. The Morgan fingerprint density at radius 1 is 1.55 bits per heavy atom. The molecule has 0 unspecified atom stereocenters. The first-order chi connectivity index (χ1) is 4.85. The second kappa shape index (κ2) is 2.33. The smallest absolute Gasteiger partial charge is 0.328 e. The third kappa shape index (κ3) is 1.47. The lowest BCUT2D eigenvalue weighted by Gasteiger charge is -2.24. The summed E-state index contributed by atoms with van der Waals surface area (Å²) in [5.41, 5.74) is 4.76. The molecule has 1 aliphatic rings. The van der Waals surface area contributed by atoms with Crippen LogP contribution in [0.15, 0.2) is 0 Å². The number of nitrogens with two attached hydrogens (primary N) is 1. The largest absolute Gasteiger partial charge is 0.459 e. The average molecular weight is 171 g/mol. The minimum Gasteiger partial charge on any atom is -0.328 e. The average Bonchev–Trinajstić information content (AvgIpc) is 2.10. The molecule has 0 aromatic rings. The van der Waals surface area contributed by atoms with Crippen LogP contribution >= 0.6 is 0 Å². The van der Waals surface area contributed by atoms with Gasteiger partial charge in [0.2, 0.25) is 0 Å². The van der Waals surface area contributed by atoms with Crippen molar-refractivity contribution in [2.45, 2.75) is 25.1 Å². The zero-order valence-electron chi connectivity index (χ0n) is 5.81. The van der Waals surface area contributed by atoms with Gasteiger partial charge in [-0.15, -0.1) is 0 Å². The van der Waals surface area contributed by atoms with Gasteiger partial charge >= 0.3 is 12.1 Å². The molecular formula is C5H8F3NO2. The summed E-state index contributed by atoms with van der Waals surface area (Å²) >= 11 is 0. The second-order valence-corrected chi connectivity index (χ2v) is 2.40. The lowest BCUT2D eigenvalue weighted by atomic mass is 10.4. The minimum atomic E-state index is -4.67. The maximum atomic E-state index is 11.9. The van der Waals surface area contributed by atoms with Gasteiger partial charge in [0.1, 0.15) is 0 Å². The van der Waals surface area contributed by atoms with Gasteiger partial charge in [-0.1, -0.05) is 0 Å². The molecule has 0 amide bonds. The van der Waals surface area contributed by atoms with Crippen LogP contribution in [0, 0.1) is 0 Å². The van der Waals surface area contributed by atoms with Gasteiger partial charge in [0, 0.05) is 0 Å². The minimum absolute atomic E-state index is 0.129. The maximum absolute atomic E-state index is 11.9. The van der Waals surface area contributed by atoms with Gasteiger partial charge in [-0.25, -0.2) is 0 Å². The number of halogens is 3. The molecule has 1 heterocycles. The summed E-state index contributed by atoms with van der Waals surface area (Å²) in [7, 11) is 0. The highest BCUT2D eigenvalue weighted by atomic mass is 19.4. The van der Waals surface area contributed by atoms with E-state index in [0.717, 1.165) is 0 Å². The van der Waals surface area contributed by atoms with Gasteiger partial charge in [-0.3, -0.25) is 5.73 Å². The van der Waals surface area contributed by atoms with E-state index >= 15 is 0 Å². The predicted molar refractivity (Wildman–Crippen MR) is 29.5 cm³/mol. The molecule has 3 nitrogen and oxygen atoms in total. The highest BCUT2D eigenvalue weighted by molar-refractivity contribution is 4.78. The highest BCUT2D eigenvalue weighted by Crippen LogP contribution is 2.34. The molecule has 1 saturated heterocycles. The molecule has 2 atom stereocenters. The van der Waals surface area contributed by atoms with Crippen molar-refractivity contribution in [2.24, 2.45) is 5.73 Å². The lowest BCUT2D eigenvalue weighted by Crippen LogP contribution is -2.54. The molecule has 0 aromatic heterocycles. The molecular weight excluding hydrogens is 163 g/mol. The summed E-state index contributed by atoms with van der Waals surface area (Å²) in [5.74, 6) is -2.90. The van der Waals surface area contributed by atoms with Gasteiger partial charge < -0.3 is 9.47 Å². The summed E-state index contributed by atoms with van der Waals surface area (Å²) in [4.78, 5) is 0. The van der Waals surface area contributed by atoms with Crippen LogP contribution in [0.25, 0.3) is 0 Å². The third-order valence-corrected chi connectivity index (χ3v) is 1.30. The van der Waals surface area contributed by atoms with E-state index < -0.39 is 18.2 Å². The van der Waals surface area contributed by atoms with E-state index in [1.54, 1.807) is 0 Å². The maximum Gasteiger partial charge on any atom is 0.459 e. The van der Waals surface area contributed by atoms with Crippen LogP contribution in [0.1, 0.15) is 6.92 Å². The van der Waals surface area contributed by atoms with E-state index in [1.165, 1.54) is 6.92 Å². The van der Waals surface area contributed by atoms with Crippen molar-refractivity contribution in [3.05, 3.63) is 0 Å². The van der Waals surface area contributed by atoms with Crippen LogP contribution in [0.4, 0.5) is 13.2 Å². The highest BCUT2D eigenvalue weighted by Gasteiger charge is 2.59.